The highest BCUT2D eigenvalue weighted by molar-refractivity contribution is 5.29. The maximum atomic E-state index is 10.4. The van der Waals surface area contributed by atoms with Crippen LogP contribution in [0.1, 0.15) is 31.4 Å². The molecule has 0 radical (unpaired) electrons. The topological polar surface area (TPSA) is 20.2 Å². The molecular formula is C13H18O. The van der Waals surface area contributed by atoms with Gasteiger partial charge in [-0.15, -0.1) is 0 Å². The normalized spacial score (nSPS) is 36.6. The van der Waals surface area contributed by atoms with Crippen LogP contribution in [0.5, 0.6) is 0 Å². The summed E-state index contributed by atoms with van der Waals surface area (Å²) in [6.45, 7) is 6.40. The molecular weight excluding hydrogens is 172 g/mol. The van der Waals surface area contributed by atoms with Crippen LogP contribution in [0.25, 0.3) is 0 Å². The molecule has 14 heavy (non-hydrogen) atoms. The first kappa shape index (κ1) is 9.72. The van der Waals surface area contributed by atoms with Gasteiger partial charge < -0.3 is 5.11 Å². The van der Waals surface area contributed by atoms with E-state index in [0.717, 1.165) is 12.0 Å². The van der Waals surface area contributed by atoms with Crippen LogP contribution in [-0.4, -0.2) is 5.11 Å². The molecule has 1 heteroatoms. The van der Waals surface area contributed by atoms with Gasteiger partial charge in [-0.3, -0.25) is 0 Å². The fourth-order valence-corrected chi connectivity index (χ4v) is 2.39. The fourth-order valence-electron chi connectivity index (χ4n) is 2.39. The van der Waals surface area contributed by atoms with E-state index in [0.29, 0.717) is 11.8 Å². The van der Waals surface area contributed by atoms with Crippen molar-refractivity contribution in [3.8, 4) is 0 Å². The third-order valence-electron chi connectivity index (χ3n) is 3.79. The number of benzene rings is 1. The average molecular weight is 190 g/mol. The Hall–Kier alpha value is -0.820. The van der Waals surface area contributed by atoms with Crippen molar-refractivity contribution >= 4 is 0 Å². The van der Waals surface area contributed by atoms with Gasteiger partial charge in [0.05, 0.1) is 5.60 Å². The quantitative estimate of drug-likeness (QED) is 0.722. The van der Waals surface area contributed by atoms with Crippen LogP contribution < -0.4 is 0 Å². The van der Waals surface area contributed by atoms with Crippen LogP contribution in [-0.2, 0) is 5.60 Å². The lowest BCUT2D eigenvalue weighted by Gasteiger charge is -2.49. The second-order valence-electron chi connectivity index (χ2n) is 4.76. The van der Waals surface area contributed by atoms with Crippen LogP contribution >= 0.6 is 0 Å². The molecule has 0 aromatic heterocycles. The van der Waals surface area contributed by atoms with Crippen molar-refractivity contribution < 1.29 is 5.11 Å². The van der Waals surface area contributed by atoms with Crippen LogP contribution in [0.3, 0.4) is 0 Å². The van der Waals surface area contributed by atoms with E-state index in [1.54, 1.807) is 0 Å². The Kier molecular flexibility index (Phi) is 2.15. The molecule has 1 saturated carbocycles. The Bertz CT molecular complexity index is 328. The first-order chi connectivity index (χ1) is 6.54. The Morgan fingerprint density at radius 1 is 1.21 bits per heavy atom. The molecule has 0 saturated heterocycles. The summed E-state index contributed by atoms with van der Waals surface area (Å²) in [4.78, 5) is 0. The van der Waals surface area contributed by atoms with E-state index < -0.39 is 5.60 Å². The zero-order valence-corrected chi connectivity index (χ0v) is 9.12. The largest absolute Gasteiger partial charge is 0.385 e. The van der Waals surface area contributed by atoms with Gasteiger partial charge in [0.25, 0.3) is 0 Å². The van der Waals surface area contributed by atoms with E-state index in [-0.39, 0.29) is 0 Å². The zero-order valence-electron chi connectivity index (χ0n) is 9.12. The average Bonchev–Trinajstić information content (AvgIpc) is 2.18. The molecule has 1 aromatic carbocycles. The predicted molar refractivity (Wildman–Crippen MR) is 58.0 cm³/mol. The monoisotopic (exact) mass is 190 g/mol. The first-order valence-electron chi connectivity index (χ1n) is 5.33. The molecule has 3 unspecified atom stereocenters. The minimum Gasteiger partial charge on any atom is -0.385 e. The summed E-state index contributed by atoms with van der Waals surface area (Å²) in [5, 5.41) is 10.4. The van der Waals surface area contributed by atoms with E-state index in [1.165, 1.54) is 5.56 Å². The zero-order chi connectivity index (χ0) is 10.3. The van der Waals surface area contributed by atoms with Crippen LogP contribution in [0.2, 0.25) is 0 Å². The summed E-state index contributed by atoms with van der Waals surface area (Å²) in [7, 11) is 0. The lowest BCUT2D eigenvalue weighted by atomic mass is 9.60. The van der Waals surface area contributed by atoms with Crippen molar-refractivity contribution in [3.63, 3.8) is 0 Å². The van der Waals surface area contributed by atoms with Crippen LogP contribution in [0.15, 0.2) is 24.3 Å². The van der Waals surface area contributed by atoms with E-state index in [4.69, 9.17) is 0 Å². The molecule has 1 fully saturated rings. The van der Waals surface area contributed by atoms with Gasteiger partial charge in [0.15, 0.2) is 0 Å². The Morgan fingerprint density at radius 2 is 1.79 bits per heavy atom. The number of hydrogen-bond donors (Lipinski definition) is 1. The standard InChI is InChI=1S/C13H18O/c1-9-4-6-12(7-5-9)13(14)8-10(2)11(13)3/h4-7,10-11,14H,8H2,1-3H3. The van der Waals surface area contributed by atoms with Gasteiger partial charge >= 0.3 is 0 Å². The van der Waals surface area contributed by atoms with Gasteiger partial charge in [0.2, 0.25) is 0 Å². The number of aliphatic hydroxyl groups is 1. The molecule has 0 bridgehead atoms. The lowest BCUT2D eigenvalue weighted by Crippen LogP contribution is -2.48. The van der Waals surface area contributed by atoms with Gasteiger partial charge in [0.1, 0.15) is 0 Å². The third-order valence-corrected chi connectivity index (χ3v) is 3.79. The molecule has 1 N–H and O–H groups in total. The molecule has 1 aliphatic rings. The summed E-state index contributed by atoms with van der Waals surface area (Å²) in [5.41, 5.74) is 1.76. The molecule has 1 nitrogen and oxygen atoms in total. The van der Waals surface area contributed by atoms with Crippen LogP contribution in [0, 0.1) is 18.8 Å². The summed E-state index contributed by atoms with van der Waals surface area (Å²) >= 11 is 0. The first-order valence-corrected chi connectivity index (χ1v) is 5.33. The second-order valence-corrected chi connectivity index (χ2v) is 4.76. The Labute approximate surface area is 85.8 Å². The fraction of sp³-hybridized carbons (Fsp3) is 0.538. The minimum absolute atomic E-state index is 0.380. The maximum Gasteiger partial charge on any atom is 0.0927 e. The highest BCUT2D eigenvalue weighted by atomic mass is 16.3. The molecule has 1 aliphatic carbocycles. The molecule has 0 amide bonds. The molecule has 3 atom stereocenters. The van der Waals surface area contributed by atoms with Crippen LogP contribution in [0.4, 0.5) is 0 Å². The summed E-state index contributed by atoms with van der Waals surface area (Å²) in [6, 6.07) is 8.25. The third kappa shape index (κ3) is 1.27. The predicted octanol–water partition coefficient (Wildman–Crippen LogP) is 2.86. The number of hydrogen-bond acceptors (Lipinski definition) is 1. The molecule has 2 rings (SSSR count). The maximum absolute atomic E-state index is 10.4. The van der Waals surface area contributed by atoms with Gasteiger partial charge in [-0.2, -0.15) is 0 Å². The van der Waals surface area contributed by atoms with Crippen molar-refractivity contribution in [1.29, 1.82) is 0 Å². The summed E-state index contributed by atoms with van der Waals surface area (Å²) in [5.74, 6) is 1.02. The van der Waals surface area contributed by atoms with Gasteiger partial charge in [-0.05, 0) is 30.7 Å². The number of aryl methyl sites for hydroxylation is 1. The summed E-state index contributed by atoms with van der Waals surface area (Å²) < 4.78 is 0. The van der Waals surface area contributed by atoms with Crippen molar-refractivity contribution in [3.05, 3.63) is 35.4 Å². The Morgan fingerprint density at radius 3 is 2.21 bits per heavy atom. The lowest BCUT2D eigenvalue weighted by molar-refractivity contribution is -0.132. The van der Waals surface area contributed by atoms with E-state index >= 15 is 0 Å². The number of rotatable bonds is 1. The van der Waals surface area contributed by atoms with Gasteiger partial charge in [0, 0.05) is 0 Å². The van der Waals surface area contributed by atoms with Crippen molar-refractivity contribution in [2.45, 2.75) is 32.8 Å². The molecule has 0 aliphatic heterocycles. The van der Waals surface area contributed by atoms with E-state index in [1.807, 2.05) is 0 Å². The highest BCUT2D eigenvalue weighted by Crippen LogP contribution is 2.50. The molecule has 0 spiro atoms. The second kappa shape index (κ2) is 3.09. The van der Waals surface area contributed by atoms with Crippen molar-refractivity contribution in [2.24, 2.45) is 11.8 Å². The van der Waals surface area contributed by atoms with Crippen molar-refractivity contribution in [2.75, 3.05) is 0 Å². The van der Waals surface area contributed by atoms with Gasteiger partial charge in [-0.1, -0.05) is 43.7 Å². The van der Waals surface area contributed by atoms with Gasteiger partial charge in [-0.25, -0.2) is 0 Å². The highest BCUT2D eigenvalue weighted by Gasteiger charge is 2.48. The van der Waals surface area contributed by atoms with Crippen molar-refractivity contribution in [1.82, 2.24) is 0 Å². The molecule has 1 aromatic rings. The SMILES string of the molecule is Cc1ccc(C2(O)CC(C)C2C)cc1. The smallest absolute Gasteiger partial charge is 0.0927 e. The minimum atomic E-state index is -0.562. The van der Waals surface area contributed by atoms with E-state index in [2.05, 4.69) is 45.0 Å². The molecule has 76 valence electrons. The summed E-state index contributed by atoms with van der Waals surface area (Å²) in [6.07, 6.45) is 0.900. The molecule has 0 heterocycles. The van der Waals surface area contributed by atoms with E-state index in [9.17, 15) is 5.11 Å². The Balaban J connectivity index is 2.28.